The molecule has 1 unspecified atom stereocenters. The highest BCUT2D eigenvalue weighted by atomic mass is 32.1. The van der Waals surface area contributed by atoms with E-state index in [0.717, 1.165) is 11.6 Å². The summed E-state index contributed by atoms with van der Waals surface area (Å²) in [5.41, 5.74) is 6.06. The molecule has 0 fully saturated rings. The van der Waals surface area contributed by atoms with E-state index < -0.39 is 6.04 Å². The molecule has 0 aromatic carbocycles. The Bertz CT molecular complexity index is 350. The fourth-order valence-corrected chi connectivity index (χ4v) is 1.93. The van der Waals surface area contributed by atoms with Gasteiger partial charge in [-0.05, 0) is 21.0 Å². The largest absolute Gasteiger partial charge is 0.368 e. The maximum Gasteiger partial charge on any atom is 0.240 e. The van der Waals surface area contributed by atoms with Crippen LogP contribution in [0.25, 0.3) is 0 Å². The van der Waals surface area contributed by atoms with Crippen LogP contribution < -0.4 is 11.1 Å². The Hall–Kier alpha value is -0.980. The highest BCUT2D eigenvalue weighted by molar-refractivity contribution is 7.09. The van der Waals surface area contributed by atoms with Gasteiger partial charge in [0.2, 0.25) is 5.91 Å². The summed E-state index contributed by atoms with van der Waals surface area (Å²) in [4.78, 5) is 17.6. The van der Waals surface area contributed by atoms with Crippen molar-refractivity contribution in [3.63, 3.8) is 0 Å². The van der Waals surface area contributed by atoms with Gasteiger partial charge in [0.1, 0.15) is 6.04 Å². The predicted octanol–water partition coefficient (Wildman–Crippen LogP) is 0.129. The Morgan fingerprint density at radius 2 is 2.38 bits per heavy atom. The molecule has 16 heavy (non-hydrogen) atoms. The van der Waals surface area contributed by atoms with Gasteiger partial charge in [0, 0.05) is 18.5 Å². The molecule has 0 aliphatic heterocycles. The monoisotopic (exact) mass is 242 g/mol. The van der Waals surface area contributed by atoms with Crippen molar-refractivity contribution in [3.05, 3.63) is 16.1 Å². The summed E-state index contributed by atoms with van der Waals surface area (Å²) in [6, 6.07) is -0.482. The molecular formula is C10H18N4OS. The van der Waals surface area contributed by atoms with Crippen LogP contribution >= 0.6 is 11.3 Å². The lowest BCUT2D eigenvalue weighted by atomic mass is 10.2. The number of nitrogens with two attached hydrogens (primary N) is 1. The van der Waals surface area contributed by atoms with Gasteiger partial charge >= 0.3 is 0 Å². The number of nitrogens with zero attached hydrogens (tertiary/aromatic N) is 2. The second kappa shape index (κ2) is 5.93. The van der Waals surface area contributed by atoms with Crippen molar-refractivity contribution < 1.29 is 4.79 Å². The van der Waals surface area contributed by atoms with E-state index in [2.05, 4.69) is 10.3 Å². The molecule has 1 rings (SSSR count). The number of carbonyl (C=O) groups excluding carboxylic acids is 1. The van der Waals surface area contributed by atoms with Gasteiger partial charge in [-0.25, -0.2) is 4.98 Å². The van der Waals surface area contributed by atoms with Gasteiger partial charge in [0.25, 0.3) is 0 Å². The molecule has 90 valence electrons. The topological polar surface area (TPSA) is 71.2 Å². The highest BCUT2D eigenvalue weighted by Gasteiger charge is 2.19. The van der Waals surface area contributed by atoms with Crippen LogP contribution in [-0.2, 0) is 4.79 Å². The highest BCUT2D eigenvalue weighted by Crippen LogP contribution is 2.15. The number of likely N-dealkylation sites (N-methyl/N-ethyl adjacent to an activating group) is 1. The minimum Gasteiger partial charge on any atom is -0.368 e. The molecule has 0 spiro atoms. The minimum atomic E-state index is -0.482. The van der Waals surface area contributed by atoms with Crippen molar-refractivity contribution in [2.45, 2.75) is 13.0 Å². The van der Waals surface area contributed by atoms with Gasteiger partial charge in [0.05, 0.1) is 10.7 Å². The summed E-state index contributed by atoms with van der Waals surface area (Å²) < 4.78 is 0. The normalized spacial score (nSPS) is 13.0. The molecule has 0 aliphatic rings. The van der Waals surface area contributed by atoms with Crippen molar-refractivity contribution >= 4 is 17.2 Å². The van der Waals surface area contributed by atoms with Crippen LogP contribution in [0.1, 0.15) is 16.7 Å². The van der Waals surface area contributed by atoms with E-state index in [1.807, 2.05) is 31.3 Å². The molecule has 0 bridgehead atoms. The average Bonchev–Trinajstić information content (AvgIpc) is 2.58. The maximum absolute atomic E-state index is 11.3. The average molecular weight is 242 g/mol. The minimum absolute atomic E-state index is 0.385. The van der Waals surface area contributed by atoms with Crippen molar-refractivity contribution in [3.8, 4) is 0 Å². The molecule has 1 aromatic heterocycles. The van der Waals surface area contributed by atoms with Crippen molar-refractivity contribution in [1.29, 1.82) is 0 Å². The molecule has 0 saturated carbocycles. The van der Waals surface area contributed by atoms with E-state index >= 15 is 0 Å². The van der Waals surface area contributed by atoms with Gasteiger partial charge in [-0.1, -0.05) is 0 Å². The quantitative estimate of drug-likeness (QED) is 0.744. The lowest BCUT2D eigenvalue weighted by molar-refractivity contribution is -0.120. The Balaban J connectivity index is 2.58. The van der Waals surface area contributed by atoms with Gasteiger partial charge < -0.3 is 10.6 Å². The van der Waals surface area contributed by atoms with E-state index in [9.17, 15) is 4.79 Å². The number of nitrogens with one attached hydrogen (secondary N) is 1. The molecule has 1 amide bonds. The molecule has 3 N–H and O–H groups in total. The first-order valence-corrected chi connectivity index (χ1v) is 5.98. The zero-order valence-corrected chi connectivity index (χ0v) is 10.7. The lowest BCUT2D eigenvalue weighted by Gasteiger charge is -2.15. The maximum atomic E-state index is 11.3. The fraction of sp³-hybridized carbons (Fsp3) is 0.600. The molecule has 5 nitrogen and oxygen atoms in total. The Labute approximate surface area is 99.7 Å². The number of hydrogen-bond donors (Lipinski definition) is 2. The summed E-state index contributed by atoms with van der Waals surface area (Å²) in [7, 11) is 3.96. The van der Waals surface area contributed by atoms with Crippen molar-refractivity contribution in [2.24, 2.45) is 5.73 Å². The van der Waals surface area contributed by atoms with Gasteiger partial charge in [-0.2, -0.15) is 0 Å². The molecule has 0 aliphatic carbocycles. The van der Waals surface area contributed by atoms with Crippen LogP contribution in [0.3, 0.4) is 0 Å². The van der Waals surface area contributed by atoms with Crippen molar-refractivity contribution in [1.82, 2.24) is 15.2 Å². The third kappa shape index (κ3) is 3.88. The number of hydrogen-bond acceptors (Lipinski definition) is 5. The standard InChI is InChI=1S/C10H18N4OS/c1-7-13-8(6-16-7)9(10(11)15)12-4-5-14(2)3/h6,9,12H,4-5H2,1-3H3,(H2,11,15). The lowest BCUT2D eigenvalue weighted by Crippen LogP contribution is -2.37. The molecule has 0 radical (unpaired) electrons. The second-order valence-corrected chi connectivity index (χ2v) is 4.95. The SMILES string of the molecule is Cc1nc(C(NCCN(C)C)C(N)=O)cs1. The first-order valence-electron chi connectivity index (χ1n) is 5.10. The summed E-state index contributed by atoms with van der Waals surface area (Å²) in [6.45, 7) is 3.47. The number of rotatable bonds is 6. The summed E-state index contributed by atoms with van der Waals surface area (Å²) in [6.07, 6.45) is 0. The van der Waals surface area contributed by atoms with Crippen molar-refractivity contribution in [2.75, 3.05) is 27.2 Å². The zero-order chi connectivity index (χ0) is 12.1. The third-order valence-electron chi connectivity index (χ3n) is 2.12. The van der Waals surface area contributed by atoms with E-state index in [1.165, 1.54) is 11.3 Å². The fourth-order valence-electron chi connectivity index (χ4n) is 1.30. The Kier molecular flexibility index (Phi) is 4.85. The van der Waals surface area contributed by atoms with Crippen LogP contribution in [-0.4, -0.2) is 43.0 Å². The molecular weight excluding hydrogens is 224 g/mol. The van der Waals surface area contributed by atoms with Gasteiger partial charge in [0.15, 0.2) is 0 Å². The first kappa shape index (κ1) is 13.1. The van der Waals surface area contributed by atoms with Gasteiger partial charge in [-0.3, -0.25) is 10.1 Å². The summed E-state index contributed by atoms with van der Waals surface area (Å²) >= 11 is 1.52. The van der Waals surface area contributed by atoms with Crippen LogP contribution in [0.2, 0.25) is 0 Å². The molecule has 1 heterocycles. The number of aromatic nitrogens is 1. The summed E-state index contributed by atoms with van der Waals surface area (Å²) in [5, 5.41) is 5.92. The smallest absolute Gasteiger partial charge is 0.240 e. The van der Waals surface area contributed by atoms with Crippen LogP contribution in [0.5, 0.6) is 0 Å². The number of aryl methyl sites for hydroxylation is 1. The summed E-state index contributed by atoms with van der Waals surface area (Å²) in [5.74, 6) is -0.385. The third-order valence-corrected chi connectivity index (χ3v) is 2.92. The number of carbonyl (C=O) groups is 1. The number of amides is 1. The molecule has 6 heteroatoms. The van der Waals surface area contributed by atoms with Crippen LogP contribution in [0, 0.1) is 6.92 Å². The first-order chi connectivity index (χ1) is 7.50. The van der Waals surface area contributed by atoms with Gasteiger partial charge in [-0.15, -0.1) is 11.3 Å². The number of primary amides is 1. The van der Waals surface area contributed by atoms with E-state index in [1.54, 1.807) is 0 Å². The molecule has 1 aromatic rings. The van der Waals surface area contributed by atoms with E-state index in [4.69, 9.17) is 5.73 Å². The number of thiazole rings is 1. The van der Waals surface area contributed by atoms with E-state index in [0.29, 0.717) is 12.2 Å². The molecule has 1 atom stereocenters. The predicted molar refractivity (Wildman–Crippen MR) is 65.3 cm³/mol. The van der Waals surface area contributed by atoms with Crippen LogP contribution in [0.15, 0.2) is 5.38 Å². The zero-order valence-electron chi connectivity index (χ0n) is 9.86. The Morgan fingerprint density at radius 3 is 2.81 bits per heavy atom. The van der Waals surface area contributed by atoms with E-state index in [-0.39, 0.29) is 5.91 Å². The van der Waals surface area contributed by atoms with Crippen LogP contribution in [0.4, 0.5) is 0 Å². The second-order valence-electron chi connectivity index (χ2n) is 3.88. The molecule has 0 saturated heterocycles. The Morgan fingerprint density at radius 1 is 1.69 bits per heavy atom.